The Bertz CT molecular complexity index is 810. The summed E-state index contributed by atoms with van der Waals surface area (Å²) in [5, 5.41) is 0. The molecule has 1 aliphatic rings. The number of rotatable bonds is 3. The van der Waals surface area contributed by atoms with Crippen molar-refractivity contribution in [3.63, 3.8) is 0 Å². The molecule has 0 aliphatic heterocycles. The maximum Gasteiger partial charge on any atom is 0.240 e. The van der Waals surface area contributed by atoms with Crippen LogP contribution in [0.15, 0.2) is 39.8 Å². The highest BCUT2D eigenvalue weighted by atomic mass is 79.9. The quantitative estimate of drug-likeness (QED) is 0.840. The largest absolute Gasteiger partial charge is 0.368 e. The molecule has 1 heterocycles. The predicted octanol–water partition coefficient (Wildman–Crippen LogP) is 1.66. The lowest BCUT2D eigenvalue weighted by atomic mass is 9.94. The lowest BCUT2D eigenvalue weighted by Crippen LogP contribution is -2.39. The minimum Gasteiger partial charge on any atom is -0.368 e. The molecule has 2 aromatic rings. The van der Waals surface area contributed by atoms with Crippen molar-refractivity contribution < 1.29 is 8.42 Å². The molecule has 6 nitrogen and oxygen atoms in total. The Hall–Kier alpha value is -1.51. The van der Waals surface area contributed by atoms with Crippen LogP contribution in [0, 0.1) is 0 Å². The van der Waals surface area contributed by atoms with Crippen LogP contribution in [0.4, 0.5) is 5.95 Å². The topological polar surface area (TPSA) is 98.0 Å². The van der Waals surface area contributed by atoms with Gasteiger partial charge in [0.25, 0.3) is 0 Å². The van der Waals surface area contributed by atoms with Gasteiger partial charge >= 0.3 is 0 Å². The molecule has 1 aromatic heterocycles. The average Bonchev–Trinajstić information content (AvgIpc) is 2.47. The molecule has 0 spiro atoms. The number of nitrogens with zero attached hydrogens (tertiary/aromatic N) is 2. The Morgan fingerprint density at radius 1 is 1.36 bits per heavy atom. The van der Waals surface area contributed by atoms with Crippen LogP contribution >= 0.6 is 15.9 Å². The van der Waals surface area contributed by atoms with E-state index in [9.17, 15) is 8.42 Å². The van der Waals surface area contributed by atoms with E-state index in [1.54, 1.807) is 30.5 Å². The lowest BCUT2D eigenvalue weighted by Gasteiger charge is -2.24. The molecule has 22 heavy (non-hydrogen) atoms. The Balaban J connectivity index is 1.78. The van der Waals surface area contributed by atoms with Gasteiger partial charge in [0.1, 0.15) is 0 Å². The fourth-order valence-electron chi connectivity index (χ4n) is 2.55. The third-order valence-corrected chi connectivity index (χ3v) is 5.61. The molecule has 0 bridgehead atoms. The summed E-state index contributed by atoms with van der Waals surface area (Å²) in [5.41, 5.74) is 7.42. The summed E-state index contributed by atoms with van der Waals surface area (Å²) >= 11 is 3.29. The third kappa shape index (κ3) is 3.29. The van der Waals surface area contributed by atoms with Crippen molar-refractivity contribution in [2.75, 3.05) is 5.73 Å². The first-order valence-corrected chi connectivity index (χ1v) is 9.10. The zero-order chi connectivity index (χ0) is 15.7. The molecule has 3 rings (SSSR count). The number of anilines is 1. The normalized spacial score (nSPS) is 18.0. The second-order valence-electron chi connectivity index (χ2n) is 5.22. The van der Waals surface area contributed by atoms with Crippen molar-refractivity contribution in [3.05, 3.63) is 46.2 Å². The molecule has 1 unspecified atom stereocenters. The summed E-state index contributed by atoms with van der Waals surface area (Å²) in [7, 11) is -3.54. The third-order valence-electron chi connectivity index (χ3n) is 3.60. The summed E-state index contributed by atoms with van der Waals surface area (Å²) in [6, 6.07) is 6.49. The number of nitrogen functional groups attached to an aromatic ring is 1. The molecule has 0 fully saturated rings. The summed E-state index contributed by atoms with van der Waals surface area (Å²) in [6.45, 7) is 0. The lowest BCUT2D eigenvalue weighted by molar-refractivity contribution is 0.502. The summed E-state index contributed by atoms with van der Waals surface area (Å²) in [5.74, 6) is 0.256. The number of halogens is 1. The number of aromatic nitrogens is 2. The van der Waals surface area contributed by atoms with E-state index in [0.717, 1.165) is 15.7 Å². The van der Waals surface area contributed by atoms with E-state index in [4.69, 9.17) is 5.73 Å². The SMILES string of the molecule is Nc1ncc2c(n1)CCC(NS(=O)(=O)c1cccc(Br)c1)C2. The average molecular weight is 383 g/mol. The molecule has 8 heteroatoms. The standard InChI is InChI=1S/C14H15BrN4O2S/c15-10-2-1-3-12(7-10)22(20,21)19-11-4-5-13-9(6-11)8-17-14(16)18-13/h1-3,7-8,11,19H,4-6H2,(H2,16,17,18). The van der Waals surface area contributed by atoms with Crippen LogP contribution in [0.1, 0.15) is 17.7 Å². The maximum atomic E-state index is 12.4. The first kappa shape index (κ1) is 15.4. The molecule has 0 amide bonds. The van der Waals surface area contributed by atoms with Crippen LogP contribution in [0.25, 0.3) is 0 Å². The minimum atomic E-state index is -3.54. The van der Waals surface area contributed by atoms with E-state index in [2.05, 4.69) is 30.6 Å². The molecule has 0 saturated heterocycles. The van der Waals surface area contributed by atoms with Gasteiger partial charge in [-0.05, 0) is 43.0 Å². The number of hydrogen-bond donors (Lipinski definition) is 2. The van der Waals surface area contributed by atoms with Crippen LogP contribution < -0.4 is 10.5 Å². The van der Waals surface area contributed by atoms with Gasteiger partial charge in [0.2, 0.25) is 16.0 Å². The Morgan fingerprint density at radius 3 is 2.95 bits per heavy atom. The van der Waals surface area contributed by atoms with Gasteiger partial charge in [-0.15, -0.1) is 0 Å². The van der Waals surface area contributed by atoms with E-state index in [0.29, 0.717) is 19.3 Å². The number of aryl methyl sites for hydroxylation is 1. The van der Waals surface area contributed by atoms with Crippen molar-refractivity contribution >= 4 is 31.9 Å². The Morgan fingerprint density at radius 2 is 2.18 bits per heavy atom. The zero-order valence-electron chi connectivity index (χ0n) is 11.7. The number of hydrogen-bond acceptors (Lipinski definition) is 5. The smallest absolute Gasteiger partial charge is 0.240 e. The van der Waals surface area contributed by atoms with E-state index in [-0.39, 0.29) is 16.9 Å². The Labute approximate surface area is 137 Å². The number of nitrogens with one attached hydrogen (secondary N) is 1. The van der Waals surface area contributed by atoms with Crippen LogP contribution in [0.2, 0.25) is 0 Å². The van der Waals surface area contributed by atoms with Crippen molar-refractivity contribution in [2.45, 2.75) is 30.2 Å². The highest BCUT2D eigenvalue weighted by molar-refractivity contribution is 9.10. The van der Waals surface area contributed by atoms with E-state index < -0.39 is 10.0 Å². The molecular weight excluding hydrogens is 368 g/mol. The van der Waals surface area contributed by atoms with Crippen molar-refractivity contribution in [3.8, 4) is 0 Å². The monoisotopic (exact) mass is 382 g/mol. The molecule has 3 N–H and O–H groups in total. The predicted molar refractivity (Wildman–Crippen MR) is 86.7 cm³/mol. The summed E-state index contributed by atoms with van der Waals surface area (Å²) in [6.07, 6.45) is 3.63. The molecule has 116 valence electrons. The van der Waals surface area contributed by atoms with E-state index >= 15 is 0 Å². The van der Waals surface area contributed by atoms with Crippen molar-refractivity contribution in [2.24, 2.45) is 0 Å². The molecular formula is C14H15BrN4O2S. The second kappa shape index (κ2) is 5.94. The van der Waals surface area contributed by atoms with E-state index in [1.807, 2.05) is 0 Å². The van der Waals surface area contributed by atoms with Gasteiger partial charge in [-0.3, -0.25) is 0 Å². The highest BCUT2D eigenvalue weighted by Gasteiger charge is 2.25. The van der Waals surface area contributed by atoms with Gasteiger partial charge in [0.15, 0.2) is 0 Å². The van der Waals surface area contributed by atoms with Gasteiger partial charge in [0.05, 0.1) is 4.90 Å². The number of fused-ring (bicyclic) bond motifs is 1. The second-order valence-corrected chi connectivity index (χ2v) is 7.85. The number of sulfonamides is 1. The Kier molecular flexibility index (Phi) is 4.16. The fourth-order valence-corrected chi connectivity index (χ4v) is 4.41. The first-order valence-electron chi connectivity index (χ1n) is 6.82. The maximum absolute atomic E-state index is 12.4. The molecule has 1 aromatic carbocycles. The summed E-state index contributed by atoms with van der Waals surface area (Å²) < 4.78 is 28.4. The van der Waals surface area contributed by atoms with Gasteiger partial charge in [-0.2, -0.15) is 0 Å². The first-order chi connectivity index (χ1) is 10.4. The van der Waals surface area contributed by atoms with Gasteiger partial charge in [0, 0.05) is 22.4 Å². The van der Waals surface area contributed by atoms with Gasteiger partial charge in [-0.25, -0.2) is 23.1 Å². The van der Waals surface area contributed by atoms with Gasteiger partial charge in [-0.1, -0.05) is 22.0 Å². The zero-order valence-corrected chi connectivity index (χ0v) is 14.1. The summed E-state index contributed by atoms with van der Waals surface area (Å²) in [4.78, 5) is 8.43. The van der Waals surface area contributed by atoms with Gasteiger partial charge < -0.3 is 5.73 Å². The van der Waals surface area contributed by atoms with Crippen LogP contribution in [-0.2, 0) is 22.9 Å². The van der Waals surface area contributed by atoms with E-state index in [1.165, 1.54) is 0 Å². The molecule has 0 saturated carbocycles. The number of nitrogens with two attached hydrogens (primary N) is 1. The van der Waals surface area contributed by atoms with Crippen molar-refractivity contribution in [1.82, 2.24) is 14.7 Å². The molecule has 0 radical (unpaired) electrons. The molecule has 1 atom stereocenters. The van der Waals surface area contributed by atoms with Crippen molar-refractivity contribution in [1.29, 1.82) is 0 Å². The van der Waals surface area contributed by atoms with Crippen LogP contribution in [0.5, 0.6) is 0 Å². The molecule has 1 aliphatic carbocycles. The van der Waals surface area contributed by atoms with Crippen LogP contribution in [0.3, 0.4) is 0 Å². The highest BCUT2D eigenvalue weighted by Crippen LogP contribution is 2.22. The fraction of sp³-hybridized carbons (Fsp3) is 0.286. The van der Waals surface area contributed by atoms with Crippen LogP contribution in [-0.4, -0.2) is 24.4 Å². The number of benzene rings is 1. The minimum absolute atomic E-state index is 0.163.